The summed E-state index contributed by atoms with van der Waals surface area (Å²) >= 11 is 7.34. The molecular formula is C10H15BrS2. The predicted octanol–water partition coefficient (Wildman–Crippen LogP) is 4.79. The molecule has 0 amide bonds. The van der Waals surface area contributed by atoms with Crippen molar-refractivity contribution in [2.45, 2.75) is 26.0 Å². The summed E-state index contributed by atoms with van der Waals surface area (Å²) in [4.78, 5) is 1.47. The Morgan fingerprint density at radius 2 is 2.31 bits per heavy atom. The van der Waals surface area contributed by atoms with Gasteiger partial charge in [-0.15, -0.1) is 11.3 Å². The van der Waals surface area contributed by atoms with E-state index in [-0.39, 0.29) is 0 Å². The highest BCUT2D eigenvalue weighted by Crippen LogP contribution is 2.24. The van der Waals surface area contributed by atoms with Crippen LogP contribution in [0.2, 0.25) is 0 Å². The van der Waals surface area contributed by atoms with Gasteiger partial charge in [-0.1, -0.05) is 13.8 Å². The summed E-state index contributed by atoms with van der Waals surface area (Å²) < 4.78 is 1.22. The van der Waals surface area contributed by atoms with E-state index in [1.165, 1.54) is 27.3 Å². The van der Waals surface area contributed by atoms with Crippen molar-refractivity contribution in [2.75, 3.05) is 5.75 Å². The molecule has 0 aliphatic heterocycles. The van der Waals surface area contributed by atoms with Crippen LogP contribution in [0.25, 0.3) is 0 Å². The van der Waals surface area contributed by atoms with Crippen molar-refractivity contribution >= 4 is 39.0 Å². The zero-order valence-corrected chi connectivity index (χ0v) is 11.3. The quantitative estimate of drug-likeness (QED) is 0.698. The van der Waals surface area contributed by atoms with Crippen molar-refractivity contribution in [3.8, 4) is 0 Å². The Morgan fingerprint density at radius 1 is 1.54 bits per heavy atom. The van der Waals surface area contributed by atoms with Crippen LogP contribution in [-0.4, -0.2) is 5.75 Å². The first-order chi connectivity index (χ1) is 6.18. The summed E-state index contributed by atoms with van der Waals surface area (Å²) in [5, 5.41) is 2.15. The lowest BCUT2D eigenvalue weighted by Crippen LogP contribution is -1.89. The Labute approximate surface area is 97.3 Å². The Balaban J connectivity index is 2.13. The molecule has 1 aromatic heterocycles. The first-order valence-corrected chi connectivity index (χ1v) is 7.32. The van der Waals surface area contributed by atoms with Crippen molar-refractivity contribution in [3.63, 3.8) is 0 Å². The average Bonchev–Trinajstić information content (AvgIpc) is 2.45. The normalized spacial score (nSPS) is 11.1. The molecule has 0 fully saturated rings. The molecule has 74 valence electrons. The van der Waals surface area contributed by atoms with Crippen molar-refractivity contribution in [1.82, 2.24) is 0 Å². The van der Waals surface area contributed by atoms with Gasteiger partial charge in [-0.3, -0.25) is 0 Å². The van der Waals surface area contributed by atoms with Gasteiger partial charge in [-0.25, -0.2) is 0 Å². The highest BCUT2D eigenvalue weighted by atomic mass is 79.9. The van der Waals surface area contributed by atoms with Crippen molar-refractivity contribution in [3.05, 3.63) is 20.8 Å². The molecular weight excluding hydrogens is 264 g/mol. The lowest BCUT2D eigenvalue weighted by molar-refractivity contribution is 0.632. The van der Waals surface area contributed by atoms with Gasteiger partial charge in [0.05, 0.1) is 0 Å². The third-order valence-corrected chi connectivity index (χ3v) is 4.63. The molecule has 0 nitrogen and oxygen atoms in total. The largest absolute Gasteiger partial charge is 0.156 e. The van der Waals surface area contributed by atoms with E-state index in [2.05, 4.69) is 41.2 Å². The van der Waals surface area contributed by atoms with Crippen molar-refractivity contribution in [2.24, 2.45) is 5.92 Å². The zero-order valence-electron chi connectivity index (χ0n) is 8.05. The van der Waals surface area contributed by atoms with Gasteiger partial charge in [0.25, 0.3) is 0 Å². The molecule has 1 aromatic rings. The number of hydrogen-bond donors (Lipinski definition) is 0. The summed E-state index contributed by atoms with van der Waals surface area (Å²) in [6.07, 6.45) is 1.33. The minimum atomic E-state index is 0.836. The van der Waals surface area contributed by atoms with E-state index >= 15 is 0 Å². The van der Waals surface area contributed by atoms with Crippen LogP contribution in [0.3, 0.4) is 0 Å². The van der Waals surface area contributed by atoms with Crippen LogP contribution < -0.4 is 0 Å². The van der Waals surface area contributed by atoms with Crippen LogP contribution in [0.5, 0.6) is 0 Å². The summed E-state index contributed by atoms with van der Waals surface area (Å²) in [6, 6.07) is 2.22. The second-order valence-electron chi connectivity index (χ2n) is 3.47. The Bertz CT molecular complexity index is 243. The standard InChI is InChI=1S/C10H15BrS2/c1-8(2)3-4-12-7-10-5-9(11)6-13-10/h5-6,8H,3-4,7H2,1-2H3. The molecule has 0 atom stereocenters. The number of thiophene rings is 1. The lowest BCUT2D eigenvalue weighted by atomic mass is 10.2. The predicted molar refractivity (Wildman–Crippen MR) is 67.6 cm³/mol. The van der Waals surface area contributed by atoms with E-state index in [9.17, 15) is 0 Å². The van der Waals surface area contributed by atoms with Crippen LogP contribution in [0.4, 0.5) is 0 Å². The molecule has 0 aromatic carbocycles. The van der Waals surface area contributed by atoms with Crippen LogP contribution in [-0.2, 0) is 5.75 Å². The zero-order chi connectivity index (χ0) is 9.68. The molecule has 0 radical (unpaired) electrons. The van der Waals surface area contributed by atoms with Gasteiger partial charge >= 0.3 is 0 Å². The smallest absolute Gasteiger partial charge is 0.0285 e. The molecule has 3 heteroatoms. The summed E-state index contributed by atoms with van der Waals surface area (Å²) in [5.41, 5.74) is 0. The van der Waals surface area contributed by atoms with Crippen molar-refractivity contribution < 1.29 is 0 Å². The molecule has 1 heterocycles. The molecule has 0 saturated carbocycles. The highest BCUT2D eigenvalue weighted by molar-refractivity contribution is 9.10. The third kappa shape index (κ3) is 5.08. The van der Waals surface area contributed by atoms with Gasteiger partial charge in [0, 0.05) is 20.5 Å². The van der Waals surface area contributed by atoms with Crippen LogP contribution >= 0.6 is 39.0 Å². The Morgan fingerprint density at radius 3 is 2.85 bits per heavy atom. The van der Waals surface area contributed by atoms with E-state index in [1.807, 2.05) is 23.1 Å². The van der Waals surface area contributed by atoms with Crippen LogP contribution in [0.1, 0.15) is 25.1 Å². The third-order valence-electron chi connectivity index (χ3n) is 1.71. The minimum Gasteiger partial charge on any atom is -0.156 e. The minimum absolute atomic E-state index is 0.836. The number of hydrogen-bond acceptors (Lipinski definition) is 2. The van der Waals surface area contributed by atoms with E-state index in [1.54, 1.807) is 0 Å². The first-order valence-electron chi connectivity index (χ1n) is 4.49. The van der Waals surface area contributed by atoms with Gasteiger partial charge in [0.2, 0.25) is 0 Å². The molecule has 13 heavy (non-hydrogen) atoms. The number of thioether (sulfide) groups is 1. The molecule has 0 aliphatic rings. The van der Waals surface area contributed by atoms with E-state index in [0.29, 0.717) is 0 Å². The average molecular weight is 279 g/mol. The maximum atomic E-state index is 3.47. The molecule has 0 unspecified atom stereocenters. The van der Waals surface area contributed by atoms with E-state index in [0.717, 1.165) is 5.92 Å². The van der Waals surface area contributed by atoms with Gasteiger partial charge in [-0.2, -0.15) is 11.8 Å². The van der Waals surface area contributed by atoms with Crippen LogP contribution in [0.15, 0.2) is 15.9 Å². The number of halogens is 1. The molecule has 0 bridgehead atoms. The first kappa shape index (κ1) is 11.6. The van der Waals surface area contributed by atoms with E-state index in [4.69, 9.17) is 0 Å². The van der Waals surface area contributed by atoms with Gasteiger partial charge in [0.1, 0.15) is 0 Å². The van der Waals surface area contributed by atoms with E-state index < -0.39 is 0 Å². The summed E-state index contributed by atoms with van der Waals surface area (Å²) in [7, 11) is 0. The number of rotatable bonds is 5. The monoisotopic (exact) mass is 278 g/mol. The molecule has 0 saturated heterocycles. The molecule has 0 aliphatic carbocycles. The summed E-state index contributed by atoms with van der Waals surface area (Å²) in [5.74, 6) is 3.29. The fourth-order valence-corrected chi connectivity index (χ4v) is 3.75. The summed E-state index contributed by atoms with van der Waals surface area (Å²) in [6.45, 7) is 4.56. The second-order valence-corrected chi connectivity index (χ2v) is 6.48. The van der Waals surface area contributed by atoms with Crippen LogP contribution in [0, 0.1) is 5.92 Å². The Hall–Kier alpha value is 0.530. The molecule has 0 N–H and O–H groups in total. The maximum Gasteiger partial charge on any atom is 0.0285 e. The van der Waals surface area contributed by atoms with Gasteiger partial charge < -0.3 is 0 Å². The topological polar surface area (TPSA) is 0 Å². The molecule has 1 rings (SSSR count). The maximum absolute atomic E-state index is 3.47. The fraction of sp³-hybridized carbons (Fsp3) is 0.600. The Kier molecular flexibility index (Phi) is 5.44. The van der Waals surface area contributed by atoms with Gasteiger partial charge in [0.15, 0.2) is 0 Å². The fourth-order valence-electron chi connectivity index (χ4n) is 0.921. The van der Waals surface area contributed by atoms with Gasteiger partial charge in [-0.05, 0) is 40.1 Å². The highest BCUT2D eigenvalue weighted by Gasteiger charge is 1.98. The van der Waals surface area contributed by atoms with Crippen molar-refractivity contribution in [1.29, 1.82) is 0 Å². The second kappa shape index (κ2) is 6.10. The lowest BCUT2D eigenvalue weighted by Gasteiger charge is -2.02. The SMILES string of the molecule is CC(C)CCSCc1cc(Br)cs1. The molecule has 0 spiro atoms.